The van der Waals surface area contributed by atoms with Crippen LogP contribution in [-0.2, 0) is 38.5 Å². The number of benzene rings is 2. The van der Waals surface area contributed by atoms with Gasteiger partial charge in [-0.15, -0.1) is 29.3 Å². The molecule has 0 atom stereocenters. The van der Waals surface area contributed by atoms with E-state index in [4.69, 9.17) is 12.6 Å². The minimum absolute atomic E-state index is 0. The number of nitrogens with zero attached hydrogens (tertiary/aromatic N) is 2. The molecule has 0 aliphatic rings. The van der Waals surface area contributed by atoms with Crippen molar-refractivity contribution in [3.63, 3.8) is 0 Å². The van der Waals surface area contributed by atoms with E-state index in [9.17, 15) is 5.11 Å². The van der Waals surface area contributed by atoms with Crippen molar-refractivity contribution in [3.8, 4) is 16.3 Å². The summed E-state index contributed by atoms with van der Waals surface area (Å²) in [7, 11) is 0. The number of hydrogen-bond donors (Lipinski definition) is 1. The second kappa shape index (κ2) is 10.8. The van der Waals surface area contributed by atoms with E-state index < -0.39 is 0 Å². The first-order valence-electron chi connectivity index (χ1n) is 7.41. The molecule has 0 unspecified atom stereocenters. The monoisotopic (exact) mass is 545 g/mol. The second-order valence-electron chi connectivity index (χ2n) is 5.01. The summed E-state index contributed by atoms with van der Waals surface area (Å²) in [5, 5.41) is 20.6. The van der Waals surface area contributed by atoms with Gasteiger partial charge in [-0.25, -0.2) is 4.98 Å². The van der Waals surface area contributed by atoms with Gasteiger partial charge >= 0.3 is 0 Å². The number of fused-ring (bicyclic) bond motifs is 1. The molecule has 1 radical (unpaired) electrons. The topological polar surface area (TPSA) is 90.6 Å². The average molecular weight is 545 g/mol. The molecule has 0 amide bonds. The Morgan fingerprint density at radius 1 is 1.16 bits per heavy atom. The largest absolute Gasteiger partial charge is 2.00 e. The molecule has 2 aromatic carbocycles. The molecular weight excluding hydrogens is 529 g/mol. The van der Waals surface area contributed by atoms with Gasteiger partial charge in [0.05, 0.1) is 10.2 Å². The quantitative estimate of drug-likeness (QED) is 0.366. The van der Waals surface area contributed by atoms with E-state index in [0.29, 0.717) is 18.0 Å². The third-order valence-electron chi connectivity index (χ3n) is 3.35. The minimum atomic E-state index is -0.0648. The smallest absolute Gasteiger partial charge is 0.124 e. The molecule has 0 saturated heterocycles. The Labute approximate surface area is 170 Å². The Morgan fingerprint density at radius 3 is 2.68 bits per heavy atom. The van der Waals surface area contributed by atoms with Crippen LogP contribution in [0.3, 0.4) is 0 Å². The first kappa shape index (κ1) is 21.9. The normalized spacial score (nSPS) is 10.1. The van der Waals surface area contributed by atoms with Gasteiger partial charge in [-0.3, -0.25) is 0 Å². The van der Waals surface area contributed by atoms with E-state index in [-0.39, 0.29) is 31.6 Å². The van der Waals surface area contributed by atoms with E-state index in [1.807, 2.05) is 30.3 Å². The van der Waals surface area contributed by atoms with Crippen molar-refractivity contribution < 1.29 is 31.0 Å². The van der Waals surface area contributed by atoms with Crippen LogP contribution in [-0.4, -0.2) is 30.4 Å². The fourth-order valence-electron chi connectivity index (χ4n) is 2.23. The molecule has 3 aromatic rings. The van der Waals surface area contributed by atoms with Crippen molar-refractivity contribution >= 4 is 39.9 Å². The number of thiazole rings is 1. The summed E-state index contributed by atoms with van der Waals surface area (Å²) in [6.45, 7) is 2.10. The minimum Gasteiger partial charge on any atom is -2.00 e. The summed E-state index contributed by atoms with van der Waals surface area (Å²) in [5.41, 5.74) is 2.30. The third-order valence-corrected chi connectivity index (χ3v) is 4.64. The first-order chi connectivity index (χ1) is 11.3. The summed E-state index contributed by atoms with van der Waals surface area (Å²) < 4.78 is 1.12. The van der Waals surface area contributed by atoms with Gasteiger partial charge in [0.15, 0.2) is 0 Å². The Kier molecular flexibility index (Phi) is 9.43. The molecule has 8 heteroatoms. The number of para-hydroxylation sites is 1. The summed E-state index contributed by atoms with van der Waals surface area (Å²) in [6, 6.07) is 13.3. The van der Waals surface area contributed by atoms with Crippen LogP contribution in [0.25, 0.3) is 26.1 Å². The molecule has 3 rings (SSSR count). The molecule has 0 bridgehead atoms. The Hall–Kier alpha value is -1.14. The van der Waals surface area contributed by atoms with Crippen LogP contribution in [0.5, 0.6) is 5.75 Å². The summed E-state index contributed by atoms with van der Waals surface area (Å²) in [6.07, 6.45) is 0. The van der Waals surface area contributed by atoms with Crippen molar-refractivity contribution in [2.75, 3.05) is 25.4 Å². The third kappa shape index (κ3) is 5.68. The van der Waals surface area contributed by atoms with E-state index in [0.717, 1.165) is 33.9 Å². The van der Waals surface area contributed by atoms with Gasteiger partial charge in [-0.2, -0.15) is 5.75 Å². The number of rotatable bonds is 7. The van der Waals surface area contributed by atoms with E-state index in [1.54, 1.807) is 23.5 Å². The van der Waals surface area contributed by atoms with Crippen molar-refractivity contribution in [2.24, 2.45) is 0 Å². The molecule has 25 heavy (non-hydrogen) atoms. The van der Waals surface area contributed by atoms with Gasteiger partial charge in [0, 0.05) is 26.0 Å². The van der Waals surface area contributed by atoms with Crippen molar-refractivity contribution in [1.29, 1.82) is 0 Å². The molecule has 5 nitrogen and oxygen atoms in total. The number of aromatic nitrogens is 1. The van der Waals surface area contributed by atoms with Crippen LogP contribution in [0.4, 0.5) is 5.69 Å². The molecule has 0 spiro atoms. The predicted molar refractivity (Wildman–Crippen MR) is 98.2 cm³/mol. The van der Waals surface area contributed by atoms with Crippen molar-refractivity contribution in [3.05, 3.63) is 47.8 Å². The van der Waals surface area contributed by atoms with Crippen LogP contribution in [0.1, 0.15) is 0 Å². The SMILES string of the molecule is [O-2].[O-]c1cc(-c2nc3ccccc3s2)ccc1[N-]CCNCC[S-].[Re]. The van der Waals surface area contributed by atoms with Gasteiger partial charge in [0.1, 0.15) is 5.01 Å². The molecule has 135 valence electrons. The van der Waals surface area contributed by atoms with Gasteiger partial charge in [0.2, 0.25) is 0 Å². The average Bonchev–Trinajstić information content (AvgIpc) is 3.00. The first-order valence-corrected chi connectivity index (χ1v) is 8.80. The Morgan fingerprint density at radius 2 is 1.96 bits per heavy atom. The molecule has 1 aromatic heterocycles. The molecule has 0 aliphatic heterocycles. The van der Waals surface area contributed by atoms with Crippen molar-refractivity contribution in [2.45, 2.75) is 0 Å². The zero-order chi connectivity index (χ0) is 16.1. The zero-order valence-corrected chi connectivity index (χ0v) is 17.6. The van der Waals surface area contributed by atoms with Crippen LogP contribution < -0.4 is 10.4 Å². The van der Waals surface area contributed by atoms with Crippen LogP contribution >= 0.6 is 11.3 Å². The molecule has 0 aliphatic carbocycles. The standard InChI is InChI=1S/C17H18N3OS2.O.Re/c21-15-11-12(5-6-13(15)19-8-7-18-9-10-22)17-20-14-3-1-2-4-16(14)23-17;;/h1-6,11,18H,7-10H2,(H2-,19,20,21,22);;/q-1;-2;/p-2. The maximum Gasteiger partial charge on any atom is 0.124 e. The predicted octanol–water partition coefficient (Wildman–Crippen LogP) is 3.06. The molecule has 0 saturated carbocycles. The van der Waals surface area contributed by atoms with E-state index in [1.165, 1.54) is 0 Å². The Balaban J connectivity index is 0.00000156. The second-order valence-corrected chi connectivity index (χ2v) is 6.44. The van der Waals surface area contributed by atoms with Gasteiger partial charge in [0.25, 0.3) is 0 Å². The summed E-state index contributed by atoms with van der Waals surface area (Å²) >= 11 is 6.44. The van der Waals surface area contributed by atoms with Crippen LogP contribution in [0.2, 0.25) is 0 Å². The van der Waals surface area contributed by atoms with Gasteiger partial charge < -0.3 is 33.8 Å². The van der Waals surface area contributed by atoms with Crippen LogP contribution in [0.15, 0.2) is 42.5 Å². The van der Waals surface area contributed by atoms with Gasteiger partial charge in [-0.05, 0) is 25.2 Å². The molecule has 1 N–H and O–H groups in total. The fourth-order valence-corrected chi connectivity index (χ4v) is 3.33. The van der Waals surface area contributed by atoms with Gasteiger partial charge in [-0.1, -0.05) is 30.3 Å². The molecule has 1 heterocycles. The number of nitrogens with one attached hydrogen (secondary N) is 1. The maximum atomic E-state index is 12.2. The molecular formula is C17H16N3O2ReS2-5. The summed E-state index contributed by atoms with van der Waals surface area (Å²) in [4.78, 5) is 4.58. The zero-order valence-electron chi connectivity index (χ0n) is 13.3. The van der Waals surface area contributed by atoms with E-state index >= 15 is 0 Å². The Bertz CT molecular complexity index is 765. The molecule has 0 fully saturated rings. The number of hydrogen-bond acceptors (Lipinski definition) is 5. The fraction of sp³-hybridized carbons (Fsp3) is 0.235. The maximum absolute atomic E-state index is 12.2. The van der Waals surface area contributed by atoms with Crippen LogP contribution in [0, 0.1) is 0 Å². The van der Waals surface area contributed by atoms with E-state index in [2.05, 4.69) is 15.6 Å². The summed E-state index contributed by atoms with van der Waals surface area (Å²) in [5.74, 6) is 0.619. The van der Waals surface area contributed by atoms with Crippen molar-refractivity contribution in [1.82, 2.24) is 10.3 Å².